The number of nitrogens with zero attached hydrogens (tertiary/aromatic N) is 1. The fourth-order valence-corrected chi connectivity index (χ4v) is 3.32. The minimum absolute atomic E-state index is 0.0131. The van der Waals surface area contributed by atoms with Gasteiger partial charge in [0.1, 0.15) is 0 Å². The van der Waals surface area contributed by atoms with Gasteiger partial charge in [-0.05, 0) is 38.1 Å². The second-order valence-corrected chi connectivity index (χ2v) is 7.01. The number of carbonyl (C=O) groups excluding carboxylic acids is 2. The number of carbonyl (C=O) groups is 2. The molecule has 1 aromatic rings. The van der Waals surface area contributed by atoms with Crippen LogP contribution in [0.25, 0.3) is 0 Å². The van der Waals surface area contributed by atoms with Crippen LogP contribution >= 0.6 is 0 Å². The molecule has 2 amide bonds. The molecule has 8 heteroatoms. The van der Waals surface area contributed by atoms with Gasteiger partial charge in [-0.3, -0.25) is 9.59 Å². The number of benzene rings is 1. The summed E-state index contributed by atoms with van der Waals surface area (Å²) in [5, 5.41) is 2.63. The lowest BCUT2D eigenvalue weighted by atomic mass is 10.2. The molecule has 1 heterocycles. The van der Waals surface area contributed by atoms with Gasteiger partial charge in [0.15, 0.2) is 0 Å². The molecule has 0 atom stereocenters. The predicted molar refractivity (Wildman–Crippen MR) is 81.9 cm³/mol. The Labute approximate surface area is 129 Å². The number of anilines is 1. The number of nitrogens with one attached hydrogen (secondary N) is 2. The fourth-order valence-electron chi connectivity index (χ4n) is 2.32. The maximum atomic E-state index is 12.0. The predicted octanol–water partition coefficient (Wildman–Crippen LogP) is 0.464. The Hall–Kier alpha value is -1.93. The first-order valence-corrected chi connectivity index (χ1v) is 8.43. The van der Waals surface area contributed by atoms with E-state index in [0.29, 0.717) is 24.2 Å². The summed E-state index contributed by atoms with van der Waals surface area (Å²) in [5.41, 5.74) is 0.971. The van der Waals surface area contributed by atoms with Crippen LogP contribution in [0, 0.1) is 6.92 Å². The molecule has 22 heavy (non-hydrogen) atoms. The number of rotatable bonds is 5. The smallest absolute Gasteiger partial charge is 0.243 e. The molecular formula is C14H19N3O4S. The second kappa shape index (κ2) is 6.45. The van der Waals surface area contributed by atoms with Gasteiger partial charge in [0.05, 0.1) is 11.4 Å². The molecule has 0 aromatic heterocycles. The highest BCUT2D eigenvalue weighted by Crippen LogP contribution is 2.20. The van der Waals surface area contributed by atoms with E-state index in [1.54, 1.807) is 19.1 Å². The Bertz CT molecular complexity index is 700. The molecule has 0 saturated carbocycles. The standard InChI is InChI=1S/C14H19N3O4S/c1-10-5-6-11(8-12(10)22(20,21)15-2)16-13(18)9-17-7-3-4-14(17)19/h5-6,8,15H,3-4,7,9H2,1-2H3,(H,16,18). The normalized spacial score (nSPS) is 15.2. The van der Waals surface area contributed by atoms with Crippen molar-refractivity contribution in [3.8, 4) is 0 Å². The lowest BCUT2D eigenvalue weighted by molar-refractivity contribution is -0.131. The molecule has 1 aliphatic rings. The summed E-state index contributed by atoms with van der Waals surface area (Å²) in [6.45, 7) is 2.25. The molecule has 1 aromatic carbocycles. The molecule has 2 N–H and O–H groups in total. The van der Waals surface area contributed by atoms with Crippen LogP contribution in [-0.4, -0.2) is 45.3 Å². The van der Waals surface area contributed by atoms with Gasteiger partial charge in [-0.25, -0.2) is 13.1 Å². The van der Waals surface area contributed by atoms with Crippen molar-refractivity contribution in [1.82, 2.24) is 9.62 Å². The minimum atomic E-state index is -3.58. The maximum absolute atomic E-state index is 12.0. The van der Waals surface area contributed by atoms with Crippen LogP contribution in [0.5, 0.6) is 0 Å². The third-order valence-electron chi connectivity index (χ3n) is 3.54. The number of hydrogen-bond acceptors (Lipinski definition) is 4. The maximum Gasteiger partial charge on any atom is 0.243 e. The van der Waals surface area contributed by atoms with E-state index < -0.39 is 10.0 Å². The van der Waals surface area contributed by atoms with Crippen LogP contribution < -0.4 is 10.0 Å². The number of aryl methyl sites for hydroxylation is 1. The van der Waals surface area contributed by atoms with Crippen molar-refractivity contribution in [2.75, 3.05) is 25.5 Å². The molecule has 1 saturated heterocycles. The lowest BCUT2D eigenvalue weighted by Gasteiger charge is -2.15. The largest absolute Gasteiger partial charge is 0.333 e. The van der Waals surface area contributed by atoms with Gasteiger partial charge >= 0.3 is 0 Å². The van der Waals surface area contributed by atoms with Gasteiger partial charge in [0.2, 0.25) is 21.8 Å². The molecule has 120 valence electrons. The highest BCUT2D eigenvalue weighted by atomic mass is 32.2. The number of likely N-dealkylation sites (tertiary alicyclic amines) is 1. The number of hydrogen-bond donors (Lipinski definition) is 2. The lowest BCUT2D eigenvalue weighted by Crippen LogP contribution is -2.34. The van der Waals surface area contributed by atoms with Crippen molar-refractivity contribution in [2.45, 2.75) is 24.7 Å². The van der Waals surface area contributed by atoms with E-state index in [9.17, 15) is 18.0 Å². The van der Waals surface area contributed by atoms with Crippen LogP contribution in [0.1, 0.15) is 18.4 Å². The quantitative estimate of drug-likeness (QED) is 0.822. The van der Waals surface area contributed by atoms with Crippen molar-refractivity contribution in [3.63, 3.8) is 0 Å². The van der Waals surface area contributed by atoms with Crippen LogP contribution in [0.4, 0.5) is 5.69 Å². The summed E-state index contributed by atoms with van der Waals surface area (Å²) < 4.78 is 26.1. The summed E-state index contributed by atoms with van der Waals surface area (Å²) in [5.74, 6) is -0.371. The molecule has 0 spiro atoms. The van der Waals surface area contributed by atoms with E-state index >= 15 is 0 Å². The van der Waals surface area contributed by atoms with Crippen molar-refractivity contribution in [2.24, 2.45) is 0 Å². The van der Waals surface area contributed by atoms with Crippen molar-refractivity contribution < 1.29 is 18.0 Å². The monoisotopic (exact) mass is 325 g/mol. The van der Waals surface area contributed by atoms with Crippen LogP contribution in [0.3, 0.4) is 0 Å². The Kier molecular flexibility index (Phi) is 4.82. The Morgan fingerprint density at radius 1 is 1.36 bits per heavy atom. The fraction of sp³-hybridized carbons (Fsp3) is 0.429. The van der Waals surface area contributed by atoms with E-state index in [4.69, 9.17) is 0 Å². The zero-order chi connectivity index (χ0) is 16.3. The summed E-state index contributed by atoms with van der Waals surface area (Å²) in [7, 11) is -2.25. The second-order valence-electron chi connectivity index (χ2n) is 5.15. The SMILES string of the molecule is CNS(=O)(=O)c1cc(NC(=O)CN2CCCC2=O)ccc1C. The molecule has 7 nitrogen and oxygen atoms in total. The van der Waals surface area contributed by atoms with E-state index in [1.165, 1.54) is 18.0 Å². The zero-order valence-electron chi connectivity index (χ0n) is 12.5. The Morgan fingerprint density at radius 3 is 2.68 bits per heavy atom. The van der Waals surface area contributed by atoms with Crippen molar-refractivity contribution >= 4 is 27.5 Å². The topological polar surface area (TPSA) is 95.6 Å². The molecular weight excluding hydrogens is 306 g/mol. The third kappa shape index (κ3) is 3.63. The minimum Gasteiger partial charge on any atom is -0.333 e. The first kappa shape index (κ1) is 16.4. The summed E-state index contributed by atoms with van der Waals surface area (Å²) >= 11 is 0. The first-order valence-electron chi connectivity index (χ1n) is 6.95. The highest BCUT2D eigenvalue weighted by molar-refractivity contribution is 7.89. The molecule has 0 bridgehead atoms. The van der Waals surface area contributed by atoms with Crippen LogP contribution in [0.2, 0.25) is 0 Å². The molecule has 1 aliphatic heterocycles. The van der Waals surface area contributed by atoms with Gasteiger partial charge in [-0.15, -0.1) is 0 Å². The Balaban J connectivity index is 2.11. The van der Waals surface area contributed by atoms with E-state index in [2.05, 4.69) is 10.0 Å². The number of sulfonamides is 1. The Morgan fingerprint density at radius 2 is 2.09 bits per heavy atom. The van der Waals surface area contributed by atoms with E-state index in [-0.39, 0.29) is 23.3 Å². The molecule has 2 rings (SSSR count). The molecule has 0 aliphatic carbocycles. The van der Waals surface area contributed by atoms with Gasteiger partial charge in [0, 0.05) is 18.7 Å². The van der Waals surface area contributed by atoms with E-state index in [1.807, 2.05) is 0 Å². The summed E-state index contributed by atoms with van der Waals surface area (Å²) in [4.78, 5) is 25.1. The first-order chi connectivity index (χ1) is 10.3. The van der Waals surface area contributed by atoms with Crippen molar-refractivity contribution in [3.05, 3.63) is 23.8 Å². The average Bonchev–Trinajstić information content (AvgIpc) is 2.86. The van der Waals surface area contributed by atoms with Crippen LogP contribution in [-0.2, 0) is 19.6 Å². The highest BCUT2D eigenvalue weighted by Gasteiger charge is 2.22. The molecule has 0 unspecified atom stereocenters. The third-order valence-corrected chi connectivity index (χ3v) is 5.09. The van der Waals surface area contributed by atoms with Gasteiger partial charge < -0.3 is 10.2 Å². The van der Waals surface area contributed by atoms with E-state index in [0.717, 1.165) is 6.42 Å². The average molecular weight is 325 g/mol. The molecule has 0 radical (unpaired) electrons. The summed E-state index contributed by atoms with van der Waals surface area (Å²) in [6.07, 6.45) is 1.24. The van der Waals surface area contributed by atoms with Gasteiger partial charge in [0.25, 0.3) is 0 Å². The molecule has 1 fully saturated rings. The summed E-state index contributed by atoms with van der Waals surface area (Å²) in [6, 6.07) is 4.67. The van der Waals surface area contributed by atoms with Gasteiger partial charge in [-0.1, -0.05) is 6.07 Å². The van der Waals surface area contributed by atoms with Crippen molar-refractivity contribution in [1.29, 1.82) is 0 Å². The van der Waals surface area contributed by atoms with Gasteiger partial charge in [-0.2, -0.15) is 0 Å². The zero-order valence-corrected chi connectivity index (χ0v) is 13.4. The van der Waals surface area contributed by atoms with Crippen LogP contribution in [0.15, 0.2) is 23.1 Å². The number of amides is 2.